The van der Waals surface area contributed by atoms with Crippen LogP contribution in [-0.2, 0) is 0 Å². The summed E-state index contributed by atoms with van der Waals surface area (Å²) in [4.78, 5) is 15.0. The fourth-order valence-electron chi connectivity index (χ4n) is 1.74. The highest BCUT2D eigenvalue weighted by Crippen LogP contribution is 2.41. The first-order chi connectivity index (χ1) is 10.1. The lowest BCUT2D eigenvalue weighted by atomic mass is 10.2. The number of rotatable bonds is 5. The van der Waals surface area contributed by atoms with Gasteiger partial charge in [-0.2, -0.15) is 0 Å². The van der Waals surface area contributed by atoms with Crippen molar-refractivity contribution in [1.29, 1.82) is 0 Å². The third-order valence-electron chi connectivity index (χ3n) is 2.77. The summed E-state index contributed by atoms with van der Waals surface area (Å²) in [6, 6.07) is 6.38. The molecule has 0 saturated heterocycles. The second-order valence-electron chi connectivity index (χ2n) is 3.98. The highest BCUT2D eigenvalue weighted by atomic mass is 16.5. The highest BCUT2D eigenvalue weighted by Gasteiger charge is 2.18. The number of pyridine rings is 1. The standard InChI is InChI=1S/C14H14N2O5/c1-19-9-4-3-5-10(20-2)12(9)21-13-11(15)8(14(17)18)6-7-16-13/h3-7H,15H2,1-2H3,(H,17,18). The summed E-state index contributed by atoms with van der Waals surface area (Å²) in [5, 5.41) is 9.04. The Morgan fingerprint density at radius 2 is 1.81 bits per heavy atom. The molecule has 7 nitrogen and oxygen atoms in total. The molecule has 0 unspecified atom stereocenters. The Bertz CT molecular complexity index is 650. The van der Waals surface area contributed by atoms with Crippen LogP contribution in [0.1, 0.15) is 10.4 Å². The van der Waals surface area contributed by atoms with Crippen molar-refractivity contribution < 1.29 is 24.1 Å². The molecule has 0 bridgehead atoms. The van der Waals surface area contributed by atoms with E-state index in [9.17, 15) is 4.79 Å². The van der Waals surface area contributed by atoms with E-state index in [1.807, 2.05) is 0 Å². The van der Waals surface area contributed by atoms with E-state index < -0.39 is 5.97 Å². The molecular weight excluding hydrogens is 276 g/mol. The Morgan fingerprint density at radius 1 is 1.19 bits per heavy atom. The number of hydrogen-bond acceptors (Lipinski definition) is 6. The van der Waals surface area contributed by atoms with Crippen molar-refractivity contribution in [2.75, 3.05) is 20.0 Å². The van der Waals surface area contributed by atoms with E-state index >= 15 is 0 Å². The lowest BCUT2D eigenvalue weighted by molar-refractivity contribution is 0.0697. The molecule has 0 radical (unpaired) electrons. The van der Waals surface area contributed by atoms with Gasteiger partial charge in [0.25, 0.3) is 0 Å². The van der Waals surface area contributed by atoms with Crippen LogP contribution in [0.15, 0.2) is 30.5 Å². The molecule has 1 aromatic heterocycles. The summed E-state index contributed by atoms with van der Waals surface area (Å²) in [5.74, 6) is -0.0961. The van der Waals surface area contributed by atoms with Crippen molar-refractivity contribution in [3.8, 4) is 23.1 Å². The number of hydrogen-bond donors (Lipinski definition) is 2. The van der Waals surface area contributed by atoms with Gasteiger partial charge in [-0.3, -0.25) is 0 Å². The van der Waals surface area contributed by atoms with Crippen molar-refractivity contribution >= 4 is 11.7 Å². The number of methoxy groups -OCH3 is 2. The number of ether oxygens (including phenoxy) is 3. The smallest absolute Gasteiger partial charge is 0.338 e. The molecule has 0 aliphatic carbocycles. The fraction of sp³-hybridized carbons (Fsp3) is 0.143. The Kier molecular flexibility index (Phi) is 4.13. The van der Waals surface area contributed by atoms with Gasteiger partial charge in [-0.25, -0.2) is 9.78 Å². The summed E-state index contributed by atoms with van der Waals surface area (Å²) in [6.07, 6.45) is 1.30. The predicted molar refractivity (Wildman–Crippen MR) is 75.2 cm³/mol. The van der Waals surface area contributed by atoms with Gasteiger partial charge in [-0.15, -0.1) is 0 Å². The number of carbonyl (C=O) groups is 1. The second-order valence-corrected chi connectivity index (χ2v) is 3.98. The SMILES string of the molecule is COc1cccc(OC)c1Oc1nccc(C(=O)O)c1N. The first-order valence-electron chi connectivity index (χ1n) is 5.95. The number of nitrogen functional groups attached to an aromatic ring is 1. The summed E-state index contributed by atoms with van der Waals surface area (Å²) in [6.45, 7) is 0. The fourth-order valence-corrected chi connectivity index (χ4v) is 1.74. The van der Waals surface area contributed by atoms with E-state index in [2.05, 4.69) is 4.98 Å². The zero-order valence-electron chi connectivity index (χ0n) is 11.5. The number of carboxylic acids is 1. The number of aromatic nitrogens is 1. The largest absolute Gasteiger partial charge is 0.493 e. The molecular formula is C14H14N2O5. The zero-order chi connectivity index (χ0) is 15.4. The first-order valence-corrected chi connectivity index (χ1v) is 5.95. The first kappa shape index (κ1) is 14.4. The second kappa shape index (κ2) is 6.00. The molecule has 2 rings (SSSR count). The van der Waals surface area contributed by atoms with E-state index in [1.54, 1.807) is 18.2 Å². The van der Waals surface area contributed by atoms with Gasteiger partial charge in [0.05, 0.1) is 19.8 Å². The maximum atomic E-state index is 11.1. The highest BCUT2D eigenvalue weighted by molar-refractivity contribution is 5.94. The molecule has 1 aromatic carbocycles. The minimum absolute atomic E-state index is 0.0299. The maximum absolute atomic E-state index is 11.1. The normalized spacial score (nSPS) is 10.0. The molecule has 3 N–H and O–H groups in total. The number of nitrogens with zero attached hydrogens (tertiary/aromatic N) is 1. The molecule has 1 heterocycles. The van der Waals surface area contributed by atoms with Crippen LogP contribution in [0.4, 0.5) is 5.69 Å². The number of para-hydroxylation sites is 1. The van der Waals surface area contributed by atoms with E-state index in [0.717, 1.165) is 0 Å². The third kappa shape index (κ3) is 2.81. The number of carboxylic acid groups (broad SMARTS) is 1. The zero-order valence-corrected chi connectivity index (χ0v) is 11.5. The van der Waals surface area contributed by atoms with Crippen molar-refractivity contribution in [3.05, 3.63) is 36.0 Å². The summed E-state index contributed by atoms with van der Waals surface area (Å²) >= 11 is 0. The molecule has 0 atom stereocenters. The minimum atomic E-state index is -1.16. The van der Waals surface area contributed by atoms with Gasteiger partial charge in [-0.05, 0) is 18.2 Å². The molecule has 0 aliphatic rings. The molecule has 0 fully saturated rings. The van der Waals surface area contributed by atoms with Crippen LogP contribution in [-0.4, -0.2) is 30.3 Å². The molecule has 0 amide bonds. The Balaban J connectivity index is 2.48. The van der Waals surface area contributed by atoms with E-state index in [0.29, 0.717) is 11.5 Å². The summed E-state index contributed by atoms with van der Waals surface area (Å²) in [5.41, 5.74) is 5.60. The topological polar surface area (TPSA) is 104 Å². The van der Waals surface area contributed by atoms with Crippen LogP contribution in [0.5, 0.6) is 23.1 Å². The number of benzene rings is 1. The summed E-state index contributed by atoms with van der Waals surface area (Å²) < 4.78 is 16.0. The van der Waals surface area contributed by atoms with E-state index in [4.69, 9.17) is 25.1 Å². The van der Waals surface area contributed by atoms with Gasteiger partial charge in [0, 0.05) is 6.20 Å². The Hall–Kier alpha value is -2.96. The molecule has 0 spiro atoms. The van der Waals surface area contributed by atoms with Gasteiger partial charge in [0.15, 0.2) is 11.5 Å². The van der Waals surface area contributed by atoms with Crippen molar-refractivity contribution in [2.45, 2.75) is 0 Å². The van der Waals surface area contributed by atoms with Crippen LogP contribution in [0.2, 0.25) is 0 Å². The van der Waals surface area contributed by atoms with Gasteiger partial charge in [0.2, 0.25) is 11.6 Å². The third-order valence-corrected chi connectivity index (χ3v) is 2.77. The Morgan fingerprint density at radius 3 is 2.33 bits per heavy atom. The minimum Gasteiger partial charge on any atom is -0.493 e. The summed E-state index contributed by atoms with van der Waals surface area (Å²) in [7, 11) is 2.96. The molecule has 21 heavy (non-hydrogen) atoms. The van der Waals surface area contributed by atoms with Gasteiger partial charge < -0.3 is 25.1 Å². The lowest BCUT2D eigenvalue weighted by Gasteiger charge is -2.14. The van der Waals surface area contributed by atoms with Gasteiger partial charge >= 0.3 is 5.97 Å². The van der Waals surface area contributed by atoms with Crippen LogP contribution >= 0.6 is 0 Å². The molecule has 110 valence electrons. The van der Waals surface area contributed by atoms with Crippen LogP contribution in [0, 0.1) is 0 Å². The Labute approximate surface area is 120 Å². The van der Waals surface area contributed by atoms with E-state index in [-0.39, 0.29) is 22.9 Å². The van der Waals surface area contributed by atoms with Gasteiger partial charge in [0.1, 0.15) is 5.69 Å². The number of anilines is 1. The van der Waals surface area contributed by atoms with Crippen LogP contribution in [0.3, 0.4) is 0 Å². The number of aromatic carboxylic acids is 1. The van der Waals surface area contributed by atoms with Gasteiger partial charge in [-0.1, -0.05) is 6.07 Å². The quantitative estimate of drug-likeness (QED) is 0.869. The maximum Gasteiger partial charge on any atom is 0.338 e. The van der Waals surface area contributed by atoms with E-state index in [1.165, 1.54) is 26.5 Å². The average molecular weight is 290 g/mol. The monoisotopic (exact) mass is 290 g/mol. The molecule has 7 heteroatoms. The van der Waals surface area contributed by atoms with Crippen molar-refractivity contribution in [3.63, 3.8) is 0 Å². The molecule has 0 aliphatic heterocycles. The predicted octanol–water partition coefficient (Wildman–Crippen LogP) is 2.17. The number of nitrogens with two attached hydrogens (primary N) is 1. The molecule has 0 saturated carbocycles. The van der Waals surface area contributed by atoms with Crippen molar-refractivity contribution in [2.24, 2.45) is 0 Å². The van der Waals surface area contributed by atoms with Crippen LogP contribution in [0.25, 0.3) is 0 Å². The van der Waals surface area contributed by atoms with Crippen molar-refractivity contribution in [1.82, 2.24) is 4.98 Å². The average Bonchev–Trinajstić information content (AvgIpc) is 2.49. The van der Waals surface area contributed by atoms with Crippen LogP contribution < -0.4 is 19.9 Å². The lowest BCUT2D eigenvalue weighted by Crippen LogP contribution is -2.05. The molecule has 2 aromatic rings.